The molecule has 6 nitrogen and oxygen atoms in total. The van der Waals surface area contributed by atoms with Gasteiger partial charge in [0.05, 0.1) is 18.2 Å². The molecule has 1 amide bonds. The molecular weight excluding hydrogens is 433 g/mol. The Hall–Kier alpha value is -3.19. The van der Waals surface area contributed by atoms with Crippen molar-refractivity contribution in [3.8, 4) is 0 Å². The quantitative estimate of drug-likeness (QED) is 0.561. The lowest BCUT2D eigenvalue weighted by atomic mass is 9.89. The van der Waals surface area contributed by atoms with Gasteiger partial charge in [0.15, 0.2) is 0 Å². The molecule has 3 heterocycles. The first-order valence-electron chi connectivity index (χ1n) is 12.0. The smallest absolute Gasteiger partial charge is 0.418 e. The number of benzene rings is 2. The number of aromatic nitrogens is 1. The third-order valence-corrected chi connectivity index (χ3v) is 7.33. The first kappa shape index (κ1) is 22.6. The predicted molar refractivity (Wildman–Crippen MR) is 129 cm³/mol. The van der Waals surface area contributed by atoms with E-state index in [0.717, 1.165) is 57.4 Å². The molecule has 2 aromatic carbocycles. The Labute approximate surface area is 198 Å². The van der Waals surface area contributed by atoms with Crippen LogP contribution in [0.1, 0.15) is 41.1 Å². The van der Waals surface area contributed by atoms with Crippen LogP contribution in [0.4, 0.5) is 9.18 Å². The summed E-state index contributed by atoms with van der Waals surface area (Å²) in [6.07, 6.45) is 4.28. The monoisotopic (exact) mass is 463 g/mol. The van der Waals surface area contributed by atoms with Crippen LogP contribution in [0.5, 0.6) is 0 Å². The Morgan fingerprint density at radius 1 is 1.00 bits per heavy atom. The van der Waals surface area contributed by atoms with Crippen LogP contribution in [0, 0.1) is 11.7 Å². The van der Waals surface area contributed by atoms with Crippen molar-refractivity contribution in [1.29, 1.82) is 0 Å². The van der Waals surface area contributed by atoms with Gasteiger partial charge in [-0.1, -0.05) is 24.3 Å². The maximum atomic E-state index is 13.4. The van der Waals surface area contributed by atoms with Crippen LogP contribution in [0.3, 0.4) is 0 Å². The molecular formula is C27H30FN3O3. The van der Waals surface area contributed by atoms with Crippen molar-refractivity contribution >= 4 is 22.9 Å². The number of halogens is 1. The number of carbonyl (C=O) groups excluding carboxylic acids is 2. The van der Waals surface area contributed by atoms with Crippen molar-refractivity contribution < 1.29 is 18.7 Å². The molecule has 5 rings (SSSR count). The lowest BCUT2D eigenvalue weighted by Gasteiger charge is -2.33. The van der Waals surface area contributed by atoms with Crippen LogP contribution in [-0.2, 0) is 4.74 Å². The van der Waals surface area contributed by atoms with Crippen molar-refractivity contribution in [3.05, 3.63) is 71.7 Å². The van der Waals surface area contributed by atoms with Gasteiger partial charge in [-0.15, -0.1) is 0 Å². The molecule has 0 saturated carbocycles. The average molecular weight is 464 g/mol. The molecule has 0 bridgehead atoms. The van der Waals surface area contributed by atoms with Crippen molar-refractivity contribution in [2.45, 2.75) is 25.2 Å². The molecule has 2 saturated heterocycles. The third-order valence-electron chi connectivity index (χ3n) is 7.33. The zero-order chi connectivity index (χ0) is 23.7. The fourth-order valence-electron chi connectivity index (χ4n) is 5.50. The first-order chi connectivity index (χ1) is 16.5. The van der Waals surface area contributed by atoms with Crippen molar-refractivity contribution in [2.24, 2.45) is 5.92 Å². The molecule has 0 radical (unpaired) electrons. The standard InChI is InChI=1S/C27H30FN3O3/c1-34-27(33)31-16-12-22-3-2-4-24(25(22)31)26(32)30-15-9-19(18-30)17-29-13-10-21(11-14-29)20-5-7-23(28)8-6-20/h2-8,12,16,19,21H,9-11,13-15,17-18H2,1H3/t19-/m1/s1. The van der Waals surface area contributed by atoms with Gasteiger partial charge in [-0.25, -0.2) is 9.18 Å². The summed E-state index contributed by atoms with van der Waals surface area (Å²) in [5.74, 6) is 0.714. The number of likely N-dealkylation sites (tertiary alicyclic amines) is 2. The molecule has 2 aliphatic heterocycles. The van der Waals surface area contributed by atoms with Crippen LogP contribution in [0.25, 0.3) is 10.9 Å². The molecule has 7 heteroatoms. The molecule has 3 aromatic rings. The predicted octanol–water partition coefficient (Wildman–Crippen LogP) is 4.74. The molecule has 1 atom stereocenters. The summed E-state index contributed by atoms with van der Waals surface area (Å²) in [6.45, 7) is 4.50. The van der Waals surface area contributed by atoms with E-state index < -0.39 is 6.09 Å². The van der Waals surface area contributed by atoms with Gasteiger partial charge in [0.2, 0.25) is 0 Å². The first-order valence-corrected chi connectivity index (χ1v) is 12.0. The molecule has 0 N–H and O–H groups in total. The number of amides is 1. The number of rotatable bonds is 4. The number of piperidine rings is 1. The Morgan fingerprint density at radius 3 is 2.50 bits per heavy atom. The number of methoxy groups -OCH3 is 1. The number of ether oxygens (including phenoxy) is 1. The highest BCUT2D eigenvalue weighted by molar-refractivity contribution is 6.08. The van der Waals surface area contributed by atoms with Gasteiger partial charge in [0.1, 0.15) is 5.82 Å². The minimum absolute atomic E-state index is 0.0352. The number of para-hydroxylation sites is 1. The largest absolute Gasteiger partial charge is 0.452 e. The second kappa shape index (κ2) is 9.58. The van der Waals surface area contributed by atoms with Gasteiger partial charge in [0, 0.05) is 31.2 Å². The summed E-state index contributed by atoms with van der Waals surface area (Å²) in [6, 6.07) is 14.3. The lowest BCUT2D eigenvalue weighted by molar-refractivity contribution is 0.0783. The molecule has 0 spiro atoms. The fourth-order valence-corrected chi connectivity index (χ4v) is 5.50. The van der Waals surface area contributed by atoms with E-state index in [2.05, 4.69) is 4.90 Å². The lowest BCUT2D eigenvalue weighted by Crippen LogP contribution is -2.38. The molecule has 0 aliphatic carbocycles. The summed E-state index contributed by atoms with van der Waals surface area (Å²) >= 11 is 0. The van der Waals surface area contributed by atoms with Crippen LogP contribution in [-0.4, -0.2) is 66.2 Å². The summed E-state index contributed by atoms with van der Waals surface area (Å²) in [5.41, 5.74) is 2.36. The van der Waals surface area contributed by atoms with Crippen molar-refractivity contribution in [1.82, 2.24) is 14.4 Å². The topological polar surface area (TPSA) is 54.8 Å². The molecule has 2 aliphatic rings. The number of nitrogens with zero attached hydrogens (tertiary/aromatic N) is 3. The summed E-state index contributed by atoms with van der Waals surface area (Å²) in [7, 11) is 1.34. The Kier molecular flexibility index (Phi) is 6.37. The Balaban J connectivity index is 1.20. The van der Waals surface area contributed by atoms with E-state index in [-0.39, 0.29) is 11.7 Å². The third kappa shape index (κ3) is 4.44. The van der Waals surface area contributed by atoms with Crippen LogP contribution >= 0.6 is 0 Å². The minimum Gasteiger partial charge on any atom is -0.452 e. The summed E-state index contributed by atoms with van der Waals surface area (Å²) in [5, 5.41) is 0.844. The van der Waals surface area contributed by atoms with Gasteiger partial charge in [-0.05, 0) is 74.0 Å². The van der Waals surface area contributed by atoms with Gasteiger partial charge >= 0.3 is 6.09 Å². The van der Waals surface area contributed by atoms with E-state index in [1.165, 1.54) is 17.2 Å². The van der Waals surface area contributed by atoms with E-state index >= 15 is 0 Å². The van der Waals surface area contributed by atoms with Gasteiger partial charge in [0.25, 0.3) is 5.91 Å². The zero-order valence-electron chi connectivity index (χ0n) is 19.5. The Morgan fingerprint density at radius 2 is 1.76 bits per heavy atom. The second-order valence-electron chi connectivity index (χ2n) is 9.43. The highest BCUT2D eigenvalue weighted by atomic mass is 19.1. The van der Waals surface area contributed by atoms with E-state index in [9.17, 15) is 14.0 Å². The molecule has 1 aromatic heterocycles. The number of hydrogen-bond donors (Lipinski definition) is 0. The normalized spacial score (nSPS) is 19.6. The second-order valence-corrected chi connectivity index (χ2v) is 9.43. The molecule has 0 unspecified atom stereocenters. The van der Waals surface area contributed by atoms with Gasteiger partial charge in [-0.2, -0.15) is 0 Å². The van der Waals surface area contributed by atoms with E-state index in [0.29, 0.717) is 22.9 Å². The maximum Gasteiger partial charge on any atom is 0.418 e. The average Bonchev–Trinajstić information content (AvgIpc) is 3.51. The van der Waals surface area contributed by atoms with Gasteiger partial charge < -0.3 is 14.5 Å². The molecule has 2 fully saturated rings. The van der Waals surface area contributed by atoms with Crippen molar-refractivity contribution in [2.75, 3.05) is 39.8 Å². The van der Waals surface area contributed by atoms with Gasteiger partial charge in [-0.3, -0.25) is 9.36 Å². The van der Waals surface area contributed by atoms with E-state index in [1.807, 2.05) is 35.2 Å². The fraction of sp³-hybridized carbons (Fsp3) is 0.407. The Bertz CT molecular complexity index is 1180. The SMILES string of the molecule is COC(=O)n1ccc2cccc(C(=O)N3CC[C@H](CN4CCC(c5ccc(F)cc5)CC4)C3)c21. The summed E-state index contributed by atoms with van der Waals surface area (Å²) < 4.78 is 19.5. The van der Waals surface area contributed by atoms with Crippen LogP contribution < -0.4 is 0 Å². The van der Waals surface area contributed by atoms with E-state index in [1.54, 1.807) is 24.4 Å². The number of fused-ring (bicyclic) bond motifs is 1. The molecule has 34 heavy (non-hydrogen) atoms. The van der Waals surface area contributed by atoms with Crippen molar-refractivity contribution in [3.63, 3.8) is 0 Å². The molecule has 178 valence electrons. The van der Waals surface area contributed by atoms with E-state index in [4.69, 9.17) is 4.74 Å². The maximum absolute atomic E-state index is 13.4. The zero-order valence-corrected chi connectivity index (χ0v) is 19.5. The summed E-state index contributed by atoms with van der Waals surface area (Å²) in [4.78, 5) is 30.0. The minimum atomic E-state index is -0.501. The highest BCUT2D eigenvalue weighted by Gasteiger charge is 2.31. The number of carbonyl (C=O) groups is 2. The van der Waals surface area contributed by atoms with Crippen LogP contribution in [0.15, 0.2) is 54.7 Å². The number of hydrogen-bond acceptors (Lipinski definition) is 4. The highest BCUT2D eigenvalue weighted by Crippen LogP contribution is 2.30. The van der Waals surface area contributed by atoms with Crippen LogP contribution in [0.2, 0.25) is 0 Å².